The summed E-state index contributed by atoms with van der Waals surface area (Å²) in [4.78, 5) is 27.6. The second-order valence-electron chi connectivity index (χ2n) is 5.15. The number of hydrogen-bond donors (Lipinski definition) is 1. The zero-order valence-electron chi connectivity index (χ0n) is 13.6. The van der Waals surface area contributed by atoms with Gasteiger partial charge in [0.05, 0.1) is 15.7 Å². The number of benzene rings is 1. The lowest BCUT2D eigenvalue weighted by molar-refractivity contribution is -0.149. The molecule has 0 aliphatic heterocycles. The SMILES string of the molecule is Cc1ccccc1OCC(=O)OCC(=O)Nc1nc(C)c(Cl)cc1Cl. The van der Waals surface area contributed by atoms with Gasteiger partial charge in [-0.3, -0.25) is 4.79 Å². The van der Waals surface area contributed by atoms with E-state index in [0.717, 1.165) is 5.56 Å². The van der Waals surface area contributed by atoms with Gasteiger partial charge in [0.1, 0.15) is 5.75 Å². The van der Waals surface area contributed by atoms with Crippen molar-refractivity contribution in [3.05, 3.63) is 51.6 Å². The average molecular weight is 383 g/mol. The van der Waals surface area contributed by atoms with Crippen LogP contribution >= 0.6 is 23.2 Å². The van der Waals surface area contributed by atoms with E-state index in [9.17, 15) is 9.59 Å². The number of hydrogen-bond acceptors (Lipinski definition) is 5. The first kappa shape index (κ1) is 19.0. The van der Waals surface area contributed by atoms with Gasteiger partial charge in [0, 0.05) is 0 Å². The fourth-order valence-corrected chi connectivity index (χ4v) is 2.26. The molecule has 6 nitrogen and oxygen atoms in total. The zero-order valence-corrected chi connectivity index (χ0v) is 15.1. The summed E-state index contributed by atoms with van der Waals surface area (Å²) in [7, 11) is 0. The molecule has 0 aliphatic rings. The smallest absolute Gasteiger partial charge is 0.344 e. The fraction of sp³-hybridized carbons (Fsp3) is 0.235. The third kappa shape index (κ3) is 5.62. The third-order valence-electron chi connectivity index (χ3n) is 3.17. The Bertz CT molecular complexity index is 796. The van der Waals surface area contributed by atoms with Crippen molar-refractivity contribution in [1.29, 1.82) is 0 Å². The lowest BCUT2D eigenvalue weighted by Gasteiger charge is -2.10. The lowest BCUT2D eigenvalue weighted by Crippen LogP contribution is -2.24. The fourth-order valence-electron chi connectivity index (χ4n) is 1.86. The van der Waals surface area contributed by atoms with Crippen molar-refractivity contribution in [2.24, 2.45) is 0 Å². The van der Waals surface area contributed by atoms with E-state index in [1.54, 1.807) is 19.1 Å². The average Bonchev–Trinajstić information content (AvgIpc) is 2.57. The molecule has 132 valence electrons. The summed E-state index contributed by atoms with van der Waals surface area (Å²) in [5.74, 6) is -0.498. The molecule has 2 aromatic rings. The van der Waals surface area contributed by atoms with Crippen molar-refractivity contribution < 1.29 is 19.1 Å². The molecule has 0 radical (unpaired) electrons. The van der Waals surface area contributed by atoms with Crippen LogP contribution in [0, 0.1) is 13.8 Å². The van der Waals surface area contributed by atoms with Crippen molar-refractivity contribution in [2.75, 3.05) is 18.5 Å². The Kier molecular flexibility index (Phi) is 6.61. The van der Waals surface area contributed by atoms with Crippen LogP contribution in [0.25, 0.3) is 0 Å². The van der Waals surface area contributed by atoms with Gasteiger partial charge < -0.3 is 14.8 Å². The van der Waals surface area contributed by atoms with Crippen molar-refractivity contribution >= 4 is 40.9 Å². The number of ether oxygens (including phenoxy) is 2. The molecule has 1 heterocycles. The highest BCUT2D eigenvalue weighted by atomic mass is 35.5. The van der Waals surface area contributed by atoms with Gasteiger partial charge in [-0.25, -0.2) is 9.78 Å². The van der Waals surface area contributed by atoms with E-state index in [4.69, 9.17) is 32.7 Å². The highest BCUT2D eigenvalue weighted by molar-refractivity contribution is 6.36. The molecule has 0 atom stereocenters. The van der Waals surface area contributed by atoms with Crippen LogP contribution in [-0.4, -0.2) is 30.1 Å². The summed E-state index contributed by atoms with van der Waals surface area (Å²) in [5.41, 5.74) is 1.41. The van der Waals surface area contributed by atoms with E-state index < -0.39 is 18.5 Å². The maximum atomic E-state index is 11.8. The Labute approximate surface area is 155 Å². The molecule has 0 unspecified atom stereocenters. The van der Waals surface area contributed by atoms with Crippen LogP contribution in [0.1, 0.15) is 11.3 Å². The summed E-state index contributed by atoms with van der Waals surface area (Å²) < 4.78 is 10.2. The van der Waals surface area contributed by atoms with Gasteiger partial charge in [-0.2, -0.15) is 0 Å². The normalized spacial score (nSPS) is 10.2. The van der Waals surface area contributed by atoms with Crippen molar-refractivity contribution in [3.8, 4) is 5.75 Å². The summed E-state index contributed by atoms with van der Waals surface area (Å²) in [6.07, 6.45) is 0. The molecule has 25 heavy (non-hydrogen) atoms. The molecule has 0 saturated carbocycles. The largest absolute Gasteiger partial charge is 0.482 e. The highest BCUT2D eigenvalue weighted by Crippen LogP contribution is 2.25. The molecule has 0 fully saturated rings. The number of halogens is 2. The van der Waals surface area contributed by atoms with Gasteiger partial charge in [-0.1, -0.05) is 41.4 Å². The predicted octanol–water partition coefficient (Wildman–Crippen LogP) is 3.57. The Morgan fingerprint density at radius 1 is 1.12 bits per heavy atom. The van der Waals surface area contributed by atoms with Crippen LogP contribution in [0.15, 0.2) is 30.3 Å². The molecule has 0 spiro atoms. The van der Waals surface area contributed by atoms with Gasteiger partial charge in [-0.05, 0) is 31.5 Å². The Morgan fingerprint density at radius 3 is 2.56 bits per heavy atom. The maximum absolute atomic E-state index is 11.8. The summed E-state index contributed by atoms with van der Waals surface area (Å²) in [5, 5.41) is 3.04. The van der Waals surface area contributed by atoms with Crippen LogP contribution in [0.4, 0.5) is 5.82 Å². The van der Waals surface area contributed by atoms with E-state index in [2.05, 4.69) is 10.3 Å². The summed E-state index contributed by atoms with van der Waals surface area (Å²) in [6, 6.07) is 8.74. The summed E-state index contributed by atoms with van der Waals surface area (Å²) in [6.45, 7) is 2.77. The van der Waals surface area contributed by atoms with E-state index in [-0.39, 0.29) is 17.4 Å². The Balaban J connectivity index is 1.81. The topological polar surface area (TPSA) is 77.5 Å². The maximum Gasteiger partial charge on any atom is 0.344 e. The standard InChI is InChI=1S/C17H16Cl2N2O4/c1-10-5-3-4-6-14(10)24-9-16(23)25-8-15(22)21-17-13(19)7-12(18)11(2)20-17/h3-7H,8-9H2,1-2H3,(H,20,21,22). The number of nitrogens with one attached hydrogen (secondary N) is 1. The number of aryl methyl sites for hydroxylation is 2. The number of para-hydroxylation sites is 1. The number of pyridine rings is 1. The molecule has 1 aromatic heterocycles. The second-order valence-corrected chi connectivity index (χ2v) is 5.96. The Morgan fingerprint density at radius 2 is 1.84 bits per heavy atom. The number of carbonyl (C=O) groups is 2. The molecule has 0 aliphatic carbocycles. The van der Waals surface area contributed by atoms with Gasteiger partial charge in [-0.15, -0.1) is 0 Å². The number of amides is 1. The van der Waals surface area contributed by atoms with Gasteiger partial charge in [0.15, 0.2) is 19.0 Å². The highest BCUT2D eigenvalue weighted by Gasteiger charge is 2.13. The molecule has 1 aromatic carbocycles. The molecule has 8 heteroatoms. The number of nitrogens with zero attached hydrogens (tertiary/aromatic N) is 1. The lowest BCUT2D eigenvalue weighted by atomic mass is 10.2. The second kappa shape index (κ2) is 8.69. The van der Waals surface area contributed by atoms with Crippen LogP contribution in [0.5, 0.6) is 5.75 Å². The number of esters is 1. The van der Waals surface area contributed by atoms with Gasteiger partial charge >= 0.3 is 5.97 Å². The predicted molar refractivity (Wildman–Crippen MR) is 95.3 cm³/mol. The monoisotopic (exact) mass is 382 g/mol. The van der Waals surface area contributed by atoms with E-state index in [0.29, 0.717) is 16.5 Å². The molecular formula is C17H16Cl2N2O4. The van der Waals surface area contributed by atoms with Crippen LogP contribution in [0.2, 0.25) is 10.0 Å². The third-order valence-corrected chi connectivity index (χ3v) is 3.84. The first-order valence-electron chi connectivity index (χ1n) is 7.33. The minimum Gasteiger partial charge on any atom is -0.482 e. The van der Waals surface area contributed by atoms with Crippen LogP contribution in [-0.2, 0) is 14.3 Å². The van der Waals surface area contributed by atoms with Gasteiger partial charge in [0.2, 0.25) is 0 Å². The van der Waals surface area contributed by atoms with Gasteiger partial charge in [0.25, 0.3) is 5.91 Å². The number of rotatable bonds is 6. The quantitative estimate of drug-likeness (QED) is 0.772. The summed E-state index contributed by atoms with van der Waals surface area (Å²) >= 11 is 11.8. The number of aromatic nitrogens is 1. The van der Waals surface area contributed by atoms with E-state index in [1.807, 2.05) is 19.1 Å². The number of carbonyl (C=O) groups excluding carboxylic acids is 2. The first-order chi connectivity index (χ1) is 11.9. The van der Waals surface area contributed by atoms with E-state index in [1.165, 1.54) is 6.07 Å². The molecule has 0 bridgehead atoms. The van der Waals surface area contributed by atoms with Crippen molar-refractivity contribution in [2.45, 2.75) is 13.8 Å². The Hall–Kier alpha value is -2.31. The van der Waals surface area contributed by atoms with Crippen molar-refractivity contribution in [3.63, 3.8) is 0 Å². The van der Waals surface area contributed by atoms with E-state index >= 15 is 0 Å². The minimum absolute atomic E-state index is 0.153. The van der Waals surface area contributed by atoms with Crippen LogP contribution in [0.3, 0.4) is 0 Å². The molecule has 1 N–H and O–H groups in total. The number of anilines is 1. The molecule has 0 saturated heterocycles. The van der Waals surface area contributed by atoms with Crippen LogP contribution < -0.4 is 10.1 Å². The molecular weight excluding hydrogens is 367 g/mol. The molecule has 2 rings (SSSR count). The first-order valence-corrected chi connectivity index (χ1v) is 8.09. The van der Waals surface area contributed by atoms with Crippen molar-refractivity contribution in [1.82, 2.24) is 4.98 Å². The molecule has 1 amide bonds. The minimum atomic E-state index is -0.662. The zero-order chi connectivity index (χ0) is 18.4.